The minimum Gasteiger partial charge on any atom is -0.481 e. The summed E-state index contributed by atoms with van der Waals surface area (Å²) in [6, 6.07) is 0. The summed E-state index contributed by atoms with van der Waals surface area (Å²) in [6.07, 6.45) is 1.25. The van der Waals surface area contributed by atoms with Crippen molar-refractivity contribution in [2.75, 3.05) is 14.2 Å². The summed E-state index contributed by atoms with van der Waals surface area (Å²) in [7, 11) is 2.59. The molecule has 4 nitrogen and oxygen atoms in total. The van der Waals surface area contributed by atoms with Crippen molar-refractivity contribution >= 4 is 5.97 Å². The van der Waals surface area contributed by atoms with Crippen molar-refractivity contribution in [3.63, 3.8) is 0 Å². The van der Waals surface area contributed by atoms with Crippen molar-refractivity contribution in [1.82, 2.24) is 0 Å². The van der Waals surface area contributed by atoms with Crippen LogP contribution in [-0.4, -0.2) is 25.3 Å². The quantitative estimate of drug-likeness (QED) is 0.420. The van der Waals surface area contributed by atoms with Gasteiger partial charge in [0.1, 0.15) is 0 Å². The number of esters is 1. The van der Waals surface area contributed by atoms with Gasteiger partial charge in [-0.15, -0.1) is 0 Å². The number of hydrogen-bond acceptors (Lipinski definition) is 4. The third-order valence-corrected chi connectivity index (χ3v) is 0.880. The van der Waals surface area contributed by atoms with E-state index in [-0.39, 0.29) is 29.4 Å². The van der Waals surface area contributed by atoms with Crippen LogP contribution in [0.4, 0.5) is 0 Å². The average molecular weight is 210 g/mol. The number of aliphatic hydroxyl groups excluding tert-OH is 1. The van der Waals surface area contributed by atoms with Crippen LogP contribution in [0, 0.1) is 0 Å². The van der Waals surface area contributed by atoms with Gasteiger partial charge in [-0.1, -0.05) is 0 Å². The largest absolute Gasteiger partial charge is 0.481 e. The molecule has 0 aliphatic rings. The van der Waals surface area contributed by atoms with E-state index in [1.807, 2.05) is 0 Å². The Morgan fingerprint density at radius 3 is 2.36 bits per heavy atom. The molecule has 0 fully saturated rings. The SMILES string of the molecule is COC(=O)C/C=C(/O)OC.[Cu]. The zero-order chi connectivity index (χ0) is 7.98. The van der Waals surface area contributed by atoms with Gasteiger partial charge in [-0.2, -0.15) is 0 Å². The molecule has 11 heavy (non-hydrogen) atoms. The molecule has 0 saturated carbocycles. The van der Waals surface area contributed by atoms with Crippen molar-refractivity contribution in [2.45, 2.75) is 6.42 Å². The minimum atomic E-state index is -0.413. The Labute approximate surface area is 75.7 Å². The van der Waals surface area contributed by atoms with Gasteiger partial charge in [0.15, 0.2) is 0 Å². The normalized spacial score (nSPS) is 9.82. The van der Waals surface area contributed by atoms with Gasteiger partial charge in [0, 0.05) is 23.1 Å². The second-order valence-corrected chi connectivity index (χ2v) is 1.53. The predicted molar refractivity (Wildman–Crippen MR) is 34.4 cm³/mol. The van der Waals surface area contributed by atoms with Gasteiger partial charge in [-0.3, -0.25) is 4.79 Å². The summed E-state index contributed by atoms with van der Waals surface area (Å²) >= 11 is 0. The van der Waals surface area contributed by atoms with Gasteiger partial charge in [0.25, 0.3) is 5.95 Å². The van der Waals surface area contributed by atoms with Crippen LogP contribution in [0.5, 0.6) is 0 Å². The molecule has 0 bridgehead atoms. The summed E-state index contributed by atoms with van der Waals surface area (Å²) in [5.41, 5.74) is 0. The van der Waals surface area contributed by atoms with Crippen LogP contribution in [0.3, 0.4) is 0 Å². The van der Waals surface area contributed by atoms with Gasteiger partial charge < -0.3 is 14.6 Å². The molecule has 0 atom stereocenters. The van der Waals surface area contributed by atoms with E-state index in [4.69, 9.17) is 5.11 Å². The number of carbonyl (C=O) groups is 1. The van der Waals surface area contributed by atoms with Crippen molar-refractivity contribution < 1.29 is 36.4 Å². The Balaban J connectivity index is 0. The summed E-state index contributed by atoms with van der Waals surface area (Å²) in [5.74, 6) is -0.686. The molecule has 0 amide bonds. The third kappa shape index (κ3) is 7.22. The first kappa shape index (κ1) is 13.0. The van der Waals surface area contributed by atoms with Crippen LogP contribution in [0.1, 0.15) is 6.42 Å². The minimum absolute atomic E-state index is 0. The van der Waals surface area contributed by atoms with E-state index < -0.39 is 5.97 Å². The molecule has 0 rings (SSSR count). The number of carbonyl (C=O) groups excluding carboxylic acids is 1. The maximum atomic E-state index is 10.4. The fraction of sp³-hybridized carbons (Fsp3) is 0.500. The molecule has 5 heteroatoms. The first-order valence-corrected chi connectivity index (χ1v) is 2.70. The Morgan fingerprint density at radius 1 is 1.45 bits per heavy atom. The van der Waals surface area contributed by atoms with E-state index in [1.54, 1.807) is 0 Å². The van der Waals surface area contributed by atoms with Crippen LogP contribution in [0.2, 0.25) is 0 Å². The molecule has 0 unspecified atom stereocenters. The monoisotopic (exact) mass is 209 g/mol. The third-order valence-electron chi connectivity index (χ3n) is 0.880. The first-order chi connectivity index (χ1) is 4.70. The molecular weight excluding hydrogens is 200 g/mol. The van der Waals surface area contributed by atoms with Crippen LogP contribution in [0.25, 0.3) is 0 Å². The molecule has 0 aliphatic heterocycles. The summed E-state index contributed by atoms with van der Waals surface area (Å²) in [5, 5.41) is 8.63. The van der Waals surface area contributed by atoms with Crippen LogP contribution in [0.15, 0.2) is 12.0 Å². The summed E-state index contributed by atoms with van der Waals surface area (Å²) in [4.78, 5) is 10.4. The van der Waals surface area contributed by atoms with E-state index in [9.17, 15) is 4.79 Å². The Hall–Kier alpha value is -0.671. The fourth-order valence-corrected chi connectivity index (χ4v) is 0.337. The second kappa shape index (κ2) is 7.44. The fourth-order valence-electron chi connectivity index (χ4n) is 0.337. The molecule has 0 saturated heterocycles. The molecule has 0 heterocycles. The van der Waals surface area contributed by atoms with Gasteiger partial charge >= 0.3 is 5.97 Å². The van der Waals surface area contributed by atoms with Crippen molar-refractivity contribution in [3.05, 3.63) is 12.0 Å². The van der Waals surface area contributed by atoms with Crippen molar-refractivity contribution in [1.29, 1.82) is 0 Å². The maximum Gasteiger partial charge on any atom is 0.309 e. The molecule has 0 aromatic heterocycles. The summed E-state index contributed by atoms with van der Waals surface area (Å²) in [6.45, 7) is 0. The Bertz CT molecular complexity index is 144. The van der Waals surface area contributed by atoms with E-state index in [0.717, 1.165) is 0 Å². The van der Waals surface area contributed by atoms with Gasteiger partial charge in [0.2, 0.25) is 0 Å². The molecular formula is C6H10CuO4. The number of rotatable bonds is 3. The molecule has 1 N–H and O–H groups in total. The van der Waals surface area contributed by atoms with E-state index >= 15 is 0 Å². The molecule has 0 aromatic carbocycles. The second-order valence-electron chi connectivity index (χ2n) is 1.53. The topological polar surface area (TPSA) is 55.8 Å². The van der Waals surface area contributed by atoms with Gasteiger partial charge in [-0.05, 0) is 0 Å². The molecule has 0 aromatic rings. The zero-order valence-corrected chi connectivity index (χ0v) is 7.20. The smallest absolute Gasteiger partial charge is 0.309 e. The zero-order valence-electron chi connectivity index (χ0n) is 6.26. The molecule has 0 spiro atoms. The molecule has 0 aliphatic carbocycles. The molecule has 1 radical (unpaired) electrons. The Kier molecular flexibility index (Phi) is 8.76. The van der Waals surface area contributed by atoms with Crippen molar-refractivity contribution in [3.8, 4) is 0 Å². The van der Waals surface area contributed by atoms with E-state index in [2.05, 4.69) is 9.47 Å². The first-order valence-electron chi connectivity index (χ1n) is 2.70. The maximum absolute atomic E-state index is 10.4. The van der Waals surface area contributed by atoms with Crippen LogP contribution in [-0.2, 0) is 31.3 Å². The Morgan fingerprint density at radius 2 is 2.00 bits per heavy atom. The van der Waals surface area contributed by atoms with Gasteiger partial charge in [-0.25, -0.2) is 0 Å². The van der Waals surface area contributed by atoms with E-state index in [1.165, 1.54) is 20.3 Å². The summed E-state index contributed by atoms with van der Waals surface area (Å²) < 4.78 is 8.65. The van der Waals surface area contributed by atoms with E-state index in [0.29, 0.717) is 0 Å². The predicted octanol–water partition coefficient (Wildman–Crippen LogP) is 0.593. The number of aliphatic hydroxyl groups is 1. The van der Waals surface area contributed by atoms with Crippen molar-refractivity contribution in [2.24, 2.45) is 0 Å². The van der Waals surface area contributed by atoms with Crippen LogP contribution < -0.4 is 0 Å². The number of hydrogen-bond donors (Lipinski definition) is 1. The standard InChI is InChI=1S/C6H10O4.Cu/c1-9-5(7)3-4-6(8)10-2;/h3,7H,4H2,1-2H3;/b5-3-;. The van der Waals surface area contributed by atoms with Gasteiger partial charge in [0.05, 0.1) is 20.6 Å². The molecule has 69 valence electrons. The number of ether oxygens (including phenoxy) is 2. The number of methoxy groups -OCH3 is 2. The average Bonchev–Trinajstić information content (AvgIpc) is 1.99. The van der Waals surface area contributed by atoms with Crippen LogP contribution >= 0.6 is 0 Å².